The lowest BCUT2D eigenvalue weighted by molar-refractivity contribution is 0.131. The van der Waals surface area contributed by atoms with Crippen LogP contribution in [-0.4, -0.2) is 39.7 Å². The van der Waals surface area contributed by atoms with Gasteiger partial charge in [-0.3, -0.25) is 15.5 Å². The average molecular weight is 376 g/mol. The predicted octanol–water partition coefficient (Wildman–Crippen LogP) is 1.36. The molecule has 0 aliphatic rings. The second-order valence-corrected chi connectivity index (χ2v) is 4.66. The third-order valence-corrected chi connectivity index (χ3v) is 2.93. The highest BCUT2D eigenvalue weighted by molar-refractivity contribution is 9.10. The molecular formula is C11H11BrFN5O4. The average Bonchev–Trinajstić information content (AvgIpc) is 2.97. The van der Waals surface area contributed by atoms with E-state index in [-0.39, 0.29) is 35.0 Å². The molecule has 9 nitrogen and oxygen atoms in total. The largest absolute Gasteiger partial charge is 0.394 e. The van der Waals surface area contributed by atoms with Crippen molar-refractivity contribution >= 4 is 33.3 Å². The van der Waals surface area contributed by atoms with E-state index in [4.69, 9.17) is 9.94 Å². The van der Waals surface area contributed by atoms with E-state index >= 15 is 0 Å². The Hall–Kier alpha value is -2.08. The number of amidine groups is 1. The molecule has 0 unspecified atom stereocenters. The molecule has 0 radical (unpaired) electrons. The third-order valence-electron chi connectivity index (χ3n) is 2.33. The van der Waals surface area contributed by atoms with Gasteiger partial charge >= 0.3 is 0 Å². The Morgan fingerprint density at radius 2 is 2.27 bits per heavy atom. The van der Waals surface area contributed by atoms with Crippen molar-refractivity contribution < 1.29 is 24.2 Å². The molecule has 0 saturated carbocycles. The molecule has 22 heavy (non-hydrogen) atoms. The highest BCUT2D eigenvalue weighted by Gasteiger charge is 2.17. The Morgan fingerprint density at radius 1 is 1.45 bits per heavy atom. The molecule has 4 N–H and O–H groups in total. The highest BCUT2D eigenvalue weighted by Crippen LogP contribution is 2.23. The van der Waals surface area contributed by atoms with Gasteiger partial charge in [0, 0.05) is 0 Å². The van der Waals surface area contributed by atoms with Gasteiger partial charge in [0.2, 0.25) is 5.82 Å². The van der Waals surface area contributed by atoms with Gasteiger partial charge in [0.15, 0.2) is 11.5 Å². The van der Waals surface area contributed by atoms with Crippen LogP contribution in [0.15, 0.2) is 32.3 Å². The molecule has 1 aromatic carbocycles. The van der Waals surface area contributed by atoms with Gasteiger partial charge in [0.05, 0.1) is 23.4 Å². The zero-order valence-electron chi connectivity index (χ0n) is 11.0. The Kier molecular flexibility index (Phi) is 5.77. The number of benzene rings is 1. The van der Waals surface area contributed by atoms with Crippen LogP contribution in [-0.2, 0) is 4.84 Å². The summed E-state index contributed by atoms with van der Waals surface area (Å²) in [5.74, 6) is -0.509. The summed E-state index contributed by atoms with van der Waals surface area (Å²) < 4.78 is 17.9. The maximum atomic E-state index is 13.2. The zero-order valence-corrected chi connectivity index (χ0v) is 12.5. The number of aliphatic imine (C=N–C) groups is 1. The van der Waals surface area contributed by atoms with Crippen LogP contribution in [0.1, 0.15) is 5.69 Å². The number of rotatable bonds is 6. The van der Waals surface area contributed by atoms with Crippen LogP contribution in [0.2, 0.25) is 0 Å². The number of aromatic nitrogens is 2. The number of hydroxylamine groups is 1. The fraction of sp³-hybridized carbons (Fsp3) is 0.182. The lowest BCUT2D eigenvalue weighted by atomic mass is 10.3. The van der Waals surface area contributed by atoms with Gasteiger partial charge in [-0.15, -0.1) is 0 Å². The van der Waals surface area contributed by atoms with Crippen LogP contribution in [0.3, 0.4) is 0 Å². The lowest BCUT2D eigenvalue weighted by Gasteiger charge is -2.05. The first-order valence-electron chi connectivity index (χ1n) is 5.91. The second kappa shape index (κ2) is 7.79. The van der Waals surface area contributed by atoms with Crippen molar-refractivity contribution in [3.8, 4) is 0 Å². The summed E-state index contributed by atoms with van der Waals surface area (Å²) >= 11 is 3.03. The minimum absolute atomic E-state index is 0.0102. The molecule has 0 saturated heterocycles. The van der Waals surface area contributed by atoms with Crippen LogP contribution >= 0.6 is 15.9 Å². The number of nitrogens with zero attached hydrogens (tertiary/aromatic N) is 3. The van der Waals surface area contributed by atoms with Crippen molar-refractivity contribution in [1.29, 1.82) is 0 Å². The minimum atomic E-state index is -0.444. The number of aliphatic hydroxyl groups excluding tert-OH is 1. The van der Waals surface area contributed by atoms with Gasteiger partial charge in [-0.25, -0.2) is 19.5 Å². The SMILES string of the molecule is OCCONc1nonc1C(=Nc1ccc(F)c(Br)c1)NO. The minimum Gasteiger partial charge on any atom is -0.394 e. The van der Waals surface area contributed by atoms with E-state index in [1.54, 1.807) is 0 Å². The van der Waals surface area contributed by atoms with E-state index in [2.05, 4.69) is 41.3 Å². The van der Waals surface area contributed by atoms with Gasteiger partial charge in [-0.05, 0) is 44.4 Å². The second-order valence-electron chi connectivity index (χ2n) is 3.81. The first kappa shape index (κ1) is 16.3. The molecule has 118 valence electrons. The summed E-state index contributed by atoms with van der Waals surface area (Å²) in [6.45, 7) is -0.188. The molecule has 2 rings (SSSR count). The normalized spacial score (nSPS) is 11.5. The Morgan fingerprint density at radius 3 is 2.95 bits per heavy atom. The van der Waals surface area contributed by atoms with Crippen molar-refractivity contribution in [1.82, 2.24) is 15.8 Å². The summed E-state index contributed by atoms with van der Waals surface area (Å²) in [5.41, 5.74) is 4.61. The molecule has 0 atom stereocenters. The van der Waals surface area contributed by atoms with Gasteiger partial charge in [-0.1, -0.05) is 0 Å². The molecule has 11 heteroatoms. The molecule has 0 bridgehead atoms. The van der Waals surface area contributed by atoms with E-state index in [0.29, 0.717) is 5.69 Å². The fourth-order valence-electron chi connectivity index (χ4n) is 1.39. The number of hydrogen-bond acceptors (Lipinski definition) is 8. The Balaban J connectivity index is 2.25. The number of hydrogen-bond donors (Lipinski definition) is 4. The van der Waals surface area contributed by atoms with Crippen LogP contribution in [0.4, 0.5) is 15.9 Å². The summed E-state index contributed by atoms with van der Waals surface area (Å²) in [5, 5.41) is 24.9. The summed E-state index contributed by atoms with van der Waals surface area (Å²) in [7, 11) is 0. The predicted molar refractivity (Wildman–Crippen MR) is 76.2 cm³/mol. The monoisotopic (exact) mass is 375 g/mol. The van der Waals surface area contributed by atoms with E-state index in [9.17, 15) is 9.60 Å². The summed E-state index contributed by atoms with van der Waals surface area (Å²) in [4.78, 5) is 8.93. The maximum Gasteiger partial charge on any atom is 0.225 e. The first-order valence-corrected chi connectivity index (χ1v) is 6.70. The van der Waals surface area contributed by atoms with Crippen molar-refractivity contribution in [3.05, 3.63) is 34.2 Å². The number of halogens is 2. The third kappa shape index (κ3) is 3.98. The van der Waals surface area contributed by atoms with Crippen LogP contribution < -0.4 is 11.0 Å². The van der Waals surface area contributed by atoms with Crippen molar-refractivity contribution in [2.24, 2.45) is 4.99 Å². The van der Waals surface area contributed by atoms with E-state index in [1.807, 2.05) is 5.48 Å². The number of anilines is 1. The molecule has 0 spiro atoms. The van der Waals surface area contributed by atoms with Crippen LogP contribution in [0.5, 0.6) is 0 Å². The Labute approximate surface area is 131 Å². The zero-order chi connectivity index (χ0) is 15.9. The molecule has 0 amide bonds. The summed E-state index contributed by atoms with van der Waals surface area (Å²) in [6.07, 6.45) is 0. The molecule has 0 aliphatic heterocycles. The number of aliphatic hydroxyl groups is 1. The van der Waals surface area contributed by atoms with Crippen molar-refractivity contribution in [2.75, 3.05) is 18.7 Å². The van der Waals surface area contributed by atoms with Crippen LogP contribution in [0.25, 0.3) is 0 Å². The van der Waals surface area contributed by atoms with Gasteiger partial charge < -0.3 is 5.11 Å². The van der Waals surface area contributed by atoms with Crippen molar-refractivity contribution in [2.45, 2.75) is 0 Å². The molecule has 0 fully saturated rings. The van der Waals surface area contributed by atoms with Gasteiger partial charge in [0.25, 0.3) is 0 Å². The van der Waals surface area contributed by atoms with Crippen LogP contribution in [0, 0.1) is 5.82 Å². The standard InChI is InChI=1S/C11H11BrFN5O4/c12-7-5-6(1-2-8(7)13)14-10(15-20)9-11(18-22-16-9)17-21-4-3-19/h1-2,5,19-20H,3-4H2,(H,14,15)(H,17,18). The van der Waals surface area contributed by atoms with Gasteiger partial charge in [-0.2, -0.15) is 0 Å². The maximum absolute atomic E-state index is 13.2. The van der Waals surface area contributed by atoms with Crippen molar-refractivity contribution in [3.63, 3.8) is 0 Å². The smallest absolute Gasteiger partial charge is 0.225 e. The topological polar surface area (TPSA) is 125 Å². The Bertz CT molecular complexity index is 666. The summed E-state index contributed by atoms with van der Waals surface area (Å²) in [6, 6.07) is 4.03. The number of nitrogens with one attached hydrogen (secondary N) is 2. The highest BCUT2D eigenvalue weighted by atomic mass is 79.9. The fourth-order valence-corrected chi connectivity index (χ4v) is 1.76. The van der Waals surface area contributed by atoms with E-state index in [0.717, 1.165) is 0 Å². The van der Waals surface area contributed by atoms with E-state index in [1.165, 1.54) is 18.2 Å². The molecular weight excluding hydrogens is 365 g/mol. The lowest BCUT2D eigenvalue weighted by Crippen LogP contribution is -2.22. The molecule has 1 heterocycles. The van der Waals surface area contributed by atoms with E-state index < -0.39 is 5.82 Å². The molecule has 2 aromatic rings. The first-order chi connectivity index (χ1) is 10.7. The molecule has 1 aromatic heterocycles. The van der Waals surface area contributed by atoms with Gasteiger partial charge in [0.1, 0.15) is 5.82 Å². The molecule has 0 aliphatic carbocycles. The quantitative estimate of drug-likeness (QED) is 0.258.